The molecule has 1 fully saturated rings. The first-order valence-electron chi connectivity index (χ1n) is 6.65. The van der Waals surface area contributed by atoms with Gasteiger partial charge in [-0.3, -0.25) is 9.69 Å². The second kappa shape index (κ2) is 6.24. The zero-order valence-corrected chi connectivity index (χ0v) is 14.1. The predicted molar refractivity (Wildman–Crippen MR) is 98.3 cm³/mol. The number of nitrogens with zero attached hydrogens (tertiary/aromatic N) is 1. The number of rotatable bonds is 2. The molecule has 0 atom stereocenters. The van der Waals surface area contributed by atoms with E-state index in [4.69, 9.17) is 23.8 Å². The third-order valence-electron chi connectivity index (χ3n) is 3.22. The van der Waals surface area contributed by atoms with Crippen LogP contribution in [-0.2, 0) is 4.79 Å². The van der Waals surface area contributed by atoms with E-state index < -0.39 is 0 Å². The molecule has 2 nitrogen and oxygen atoms in total. The van der Waals surface area contributed by atoms with Crippen molar-refractivity contribution in [1.29, 1.82) is 0 Å². The minimum Gasteiger partial charge on any atom is -0.268 e. The first-order valence-corrected chi connectivity index (χ1v) is 8.25. The molecule has 3 rings (SSSR count). The lowest BCUT2D eigenvalue weighted by molar-refractivity contribution is -0.113. The number of thioether (sulfide) groups is 1. The molecule has 1 saturated heterocycles. The maximum atomic E-state index is 12.6. The number of halogens is 1. The fraction of sp³-hybridized carbons (Fsp3) is 0.0588. The van der Waals surface area contributed by atoms with Gasteiger partial charge in [0.25, 0.3) is 5.91 Å². The molecule has 1 amide bonds. The summed E-state index contributed by atoms with van der Waals surface area (Å²) in [5.74, 6) is -0.0875. The summed E-state index contributed by atoms with van der Waals surface area (Å²) in [6.07, 6.45) is 1.84. The van der Waals surface area contributed by atoms with Crippen molar-refractivity contribution in [3.63, 3.8) is 0 Å². The molecule has 1 aliphatic rings. The zero-order valence-electron chi connectivity index (χ0n) is 11.7. The number of anilines is 1. The van der Waals surface area contributed by atoms with Crippen molar-refractivity contribution in [3.05, 3.63) is 69.6 Å². The largest absolute Gasteiger partial charge is 0.270 e. The lowest BCUT2D eigenvalue weighted by Crippen LogP contribution is -2.27. The highest BCUT2D eigenvalue weighted by Crippen LogP contribution is 2.36. The number of benzene rings is 2. The molecule has 110 valence electrons. The molecule has 0 unspecified atom stereocenters. The quantitative estimate of drug-likeness (QED) is 0.561. The summed E-state index contributed by atoms with van der Waals surface area (Å²) in [6, 6.07) is 15.1. The zero-order chi connectivity index (χ0) is 15.7. The smallest absolute Gasteiger partial charge is 0.268 e. The summed E-state index contributed by atoms with van der Waals surface area (Å²) in [7, 11) is 0. The third kappa shape index (κ3) is 3.09. The summed E-state index contributed by atoms with van der Waals surface area (Å²) < 4.78 is 0.552. The van der Waals surface area contributed by atoms with Gasteiger partial charge in [0.15, 0.2) is 4.32 Å². The average Bonchev–Trinajstić information content (AvgIpc) is 2.76. The van der Waals surface area contributed by atoms with Crippen LogP contribution in [0.4, 0.5) is 5.69 Å². The van der Waals surface area contributed by atoms with Gasteiger partial charge in [-0.15, -0.1) is 0 Å². The summed E-state index contributed by atoms with van der Waals surface area (Å²) in [4.78, 5) is 14.8. The number of hydrogen-bond acceptors (Lipinski definition) is 3. The van der Waals surface area contributed by atoms with Crippen molar-refractivity contribution in [2.75, 3.05) is 4.90 Å². The highest BCUT2D eigenvalue weighted by molar-refractivity contribution is 8.27. The molecule has 0 spiro atoms. The van der Waals surface area contributed by atoms with E-state index in [2.05, 4.69) is 0 Å². The highest BCUT2D eigenvalue weighted by atomic mass is 35.5. The third-order valence-corrected chi connectivity index (χ3v) is 4.78. The van der Waals surface area contributed by atoms with Gasteiger partial charge in [-0.2, -0.15) is 0 Å². The molecule has 22 heavy (non-hydrogen) atoms. The second-order valence-corrected chi connectivity index (χ2v) is 7.02. The number of hydrogen-bond donors (Lipinski definition) is 0. The highest BCUT2D eigenvalue weighted by Gasteiger charge is 2.33. The number of carbonyl (C=O) groups excluding carboxylic acids is 1. The van der Waals surface area contributed by atoms with E-state index in [1.165, 1.54) is 11.8 Å². The molecule has 0 aliphatic carbocycles. The molecule has 1 aliphatic heterocycles. The van der Waals surface area contributed by atoms with E-state index in [-0.39, 0.29) is 5.91 Å². The van der Waals surface area contributed by atoms with E-state index in [1.807, 2.05) is 49.4 Å². The maximum absolute atomic E-state index is 12.6. The van der Waals surface area contributed by atoms with E-state index in [0.29, 0.717) is 14.2 Å². The molecule has 1 heterocycles. The molecular formula is C17H12ClNOS2. The number of carbonyl (C=O) groups is 1. The Morgan fingerprint density at radius 3 is 2.59 bits per heavy atom. The van der Waals surface area contributed by atoms with Crippen molar-refractivity contribution in [2.24, 2.45) is 0 Å². The van der Waals surface area contributed by atoms with Gasteiger partial charge in [0.05, 0.1) is 10.6 Å². The molecular weight excluding hydrogens is 334 g/mol. The van der Waals surface area contributed by atoms with Crippen LogP contribution in [0.2, 0.25) is 5.02 Å². The Bertz CT molecular complexity index is 784. The monoisotopic (exact) mass is 345 g/mol. The summed E-state index contributed by atoms with van der Waals surface area (Å²) in [5.41, 5.74) is 2.82. The van der Waals surface area contributed by atoms with Gasteiger partial charge in [-0.1, -0.05) is 59.8 Å². The summed E-state index contributed by atoms with van der Waals surface area (Å²) >= 11 is 12.6. The van der Waals surface area contributed by atoms with Gasteiger partial charge < -0.3 is 0 Å². The second-order valence-electron chi connectivity index (χ2n) is 4.91. The first-order chi connectivity index (χ1) is 10.5. The Morgan fingerprint density at radius 2 is 1.91 bits per heavy atom. The molecule has 0 aromatic heterocycles. The van der Waals surface area contributed by atoms with Gasteiger partial charge >= 0.3 is 0 Å². The lowest BCUT2D eigenvalue weighted by atomic mass is 10.2. The maximum Gasteiger partial charge on any atom is 0.270 e. The minimum absolute atomic E-state index is 0.0875. The van der Waals surface area contributed by atoms with Crippen LogP contribution in [0, 0.1) is 6.92 Å². The van der Waals surface area contributed by atoms with Crippen LogP contribution in [0.25, 0.3) is 6.08 Å². The van der Waals surface area contributed by atoms with E-state index in [9.17, 15) is 4.79 Å². The van der Waals surface area contributed by atoms with Crippen LogP contribution in [0.1, 0.15) is 11.1 Å². The molecule has 0 radical (unpaired) electrons. The number of thiocarbonyl (C=S) groups is 1. The molecule has 2 aromatic rings. The van der Waals surface area contributed by atoms with Gasteiger partial charge in [-0.05, 0) is 48.4 Å². The fourth-order valence-corrected chi connectivity index (χ4v) is 3.59. The number of aryl methyl sites for hydroxylation is 1. The first kappa shape index (κ1) is 15.3. The van der Waals surface area contributed by atoms with Crippen molar-refractivity contribution in [2.45, 2.75) is 6.92 Å². The topological polar surface area (TPSA) is 20.3 Å². The Morgan fingerprint density at radius 1 is 1.18 bits per heavy atom. The minimum atomic E-state index is -0.0875. The summed E-state index contributed by atoms with van der Waals surface area (Å²) in [6.45, 7) is 1.99. The van der Waals surface area contributed by atoms with Crippen LogP contribution in [0.15, 0.2) is 53.4 Å². The number of amides is 1. The van der Waals surface area contributed by atoms with Crippen molar-refractivity contribution in [3.8, 4) is 0 Å². The van der Waals surface area contributed by atoms with Gasteiger partial charge in [0.2, 0.25) is 0 Å². The van der Waals surface area contributed by atoms with Crippen LogP contribution >= 0.6 is 35.6 Å². The van der Waals surface area contributed by atoms with Crippen molar-refractivity contribution in [1.82, 2.24) is 0 Å². The Kier molecular flexibility index (Phi) is 4.34. The molecule has 0 N–H and O–H groups in total. The fourth-order valence-electron chi connectivity index (χ4n) is 2.17. The normalized spacial score (nSPS) is 16.6. The van der Waals surface area contributed by atoms with Crippen molar-refractivity contribution < 1.29 is 4.79 Å². The van der Waals surface area contributed by atoms with Crippen LogP contribution in [-0.4, -0.2) is 10.2 Å². The van der Waals surface area contributed by atoms with Crippen LogP contribution < -0.4 is 4.90 Å². The molecule has 0 saturated carbocycles. The van der Waals surface area contributed by atoms with Gasteiger partial charge in [-0.25, -0.2) is 0 Å². The molecule has 5 heteroatoms. The van der Waals surface area contributed by atoms with E-state index in [1.54, 1.807) is 17.0 Å². The van der Waals surface area contributed by atoms with E-state index >= 15 is 0 Å². The summed E-state index contributed by atoms with van der Waals surface area (Å²) in [5, 5.41) is 0.671. The van der Waals surface area contributed by atoms with Gasteiger partial charge in [0, 0.05) is 5.02 Å². The van der Waals surface area contributed by atoms with E-state index in [0.717, 1.165) is 16.8 Å². The Balaban J connectivity index is 1.93. The molecule has 0 bridgehead atoms. The Labute approximate surface area is 143 Å². The average molecular weight is 346 g/mol. The Hall–Kier alpha value is -1.62. The predicted octanol–water partition coefficient (Wildman–Crippen LogP) is 5.05. The van der Waals surface area contributed by atoms with Crippen LogP contribution in [0.3, 0.4) is 0 Å². The van der Waals surface area contributed by atoms with Crippen molar-refractivity contribution >= 4 is 57.6 Å². The molecule has 2 aromatic carbocycles. The van der Waals surface area contributed by atoms with Crippen LogP contribution in [0.5, 0.6) is 0 Å². The van der Waals surface area contributed by atoms with Gasteiger partial charge in [0.1, 0.15) is 0 Å². The lowest BCUT2D eigenvalue weighted by Gasteiger charge is -2.14. The standard InChI is InChI=1S/C17H12ClNOS2/c1-11-3-2-4-14(9-11)19-16(20)15(22-17(19)21)10-12-5-7-13(18)8-6-12/h2-10H,1H3. The SMILES string of the molecule is Cc1cccc(N2C(=O)C(=Cc3ccc(Cl)cc3)SC2=S)c1.